The van der Waals surface area contributed by atoms with E-state index in [9.17, 15) is 19.5 Å². The number of hydrogen-bond donors (Lipinski definition) is 3. The predicted octanol–water partition coefficient (Wildman–Crippen LogP) is 3.83. The number of nitrogen functional groups attached to an aromatic ring is 1. The molecule has 4 N–H and O–H groups in total. The van der Waals surface area contributed by atoms with E-state index in [4.69, 9.17) is 15.6 Å². The summed E-state index contributed by atoms with van der Waals surface area (Å²) in [6.07, 6.45) is 2.66. The van der Waals surface area contributed by atoms with Gasteiger partial charge in [-0.25, -0.2) is 14.6 Å². The minimum absolute atomic E-state index is 0.154. The Morgan fingerprint density at radius 1 is 0.815 bits per heavy atom. The fraction of sp³-hybridized carbons (Fsp3) is 0.350. The number of aliphatic hydroxyl groups excluding tert-OH is 1. The van der Waals surface area contributed by atoms with Crippen LogP contribution in [0.25, 0.3) is 22.3 Å². The number of likely N-dealkylation sites (tertiary alicyclic amines) is 1. The Balaban J connectivity index is 0.791. The van der Waals surface area contributed by atoms with Gasteiger partial charge in [-0.05, 0) is 85.7 Å². The van der Waals surface area contributed by atoms with E-state index in [-0.39, 0.29) is 24.8 Å². The van der Waals surface area contributed by atoms with Gasteiger partial charge in [0, 0.05) is 49.9 Å². The lowest BCUT2D eigenvalue weighted by molar-refractivity contribution is -0.129. The lowest BCUT2D eigenvalue weighted by Gasteiger charge is -2.46. The van der Waals surface area contributed by atoms with Crippen molar-refractivity contribution in [1.82, 2.24) is 34.9 Å². The third-order valence-electron chi connectivity index (χ3n) is 12.0. The average Bonchev–Trinajstić information content (AvgIpc) is 3.90. The smallest absolute Gasteiger partial charge is 0.262 e. The van der Waals surface area contributed by atoms with Crippen LogP contribution in [0.4, 0.5) is 11.5 Å². The first-order valence-corrected chi connectivity index (χ1v) is 18.6. The highest BCUT2D eigenvalue weighted by Gasteiger charge is 2.48. The zero-order valence-electron chi connectivity index (χ0n) is 29.4. The first-order valence-electron chi connectivity index (χ1n) is 18.6. The number of para-hydroxylation sites is 1. The topological polar surface area (TPSA) is 172 Å². The Morgan fingerprint density at radius 2 is 1.54 bits per heavy atom. The van der Waals surface area contributed by atoms with Crippen LogP contribution in [0.5, 0.6) is 11.5 Å². The van der Waals surface area contributed by atoms with Gasteiger partial charge in [0.25, 0.3) is 11.8 Å². The normalized spacial score (nSPS) is 25.6. The van der Waals surface area contributed by atoms with E-state index in [1.165, 1.54) is 6.33 Å². The highest BCUT2D eigenvalue weighted by molar-refractivity contribution is 6.22. The van der Waals surface area contributed by atoms with Gasteiger partial charge in [0.1, 0.15) is 35.6 Å². The Morgan fingerprint density at radius 3 is 2.28 bits per heavy atom. The van der Waals surface area contributed by atoms with Gasteiger partial charge >= 0.3 is 0 Å². The minimum Gasteiger partial charge on any atom is -0.457 e. The lowest BCUT2D eigenvalue weighted by Crippen LogP contribution is -2.59. The van der Waals surface area contributed by atoms with E-state index in [0.29, 0.717) is 34.8 Å². The van der Waals surface area contributed by atoms with E-state index in [1.54, 1.807) is 12.1 Å². The molecular formula is C40H39N9O5. The number of nitrogens with two attached hydrogens (primary N) is 1. The Bertz CT molecular complexity index is 2290. The number of anilines is 2. The van der Waals surface area contributed by atoms with Crippen molar-refractivity contribution >= 4 is 40.3 Å². The first kappa shape index (κ1) is 32.8. The van der Waals surface area contributed by atoms with E-state index in [0.717, 1.165) is 83.4 Å². The number of aromatic nitrogens is 4. The number of nitrogens with zero attached hydrogens (tertiary/aromatic N) is 7. The highest BCUT2D eigenvalue weighted by Crippen LogP contribution is 2.47. The van der Waals surface area contributed by atoms with Gasteiger partial charge in [0.15, 0.2) is 5.65 Å². The molecule has 3 aromatic carbocycles. The van der Waals surface area contributed by atoms with E-state index in [1.807, 2.05) is 60.7 Å². The van der Waals surface area contributed by atoms with Crippen LogP contribution in [0.1, 0.15) is 52.4 Å². The molecule has 5 atom stereocenters. The molecule has 0 spiro atoms. The number of imide groups is 1. The fourth-order valence-electron chi connectivity index (χ4n) is 9.24. The summed E-state index contributed by atoms with van der Waals surface area (Å²) in [6.45, 7) is 3.75. The molecular weight excluding hydrogens is 686 g/mol. The number of hydrogen-bond acceptors (Lipinski definition) is 11. The number of rotatable bonds is 7. The highest BCUT2D eigenvalue weighted by atomic mass is 16.5. The summed E-state index contributed by atoms with van der Waals surface area (Å²) in [5, 5.41) is 18.8. The molecule has 5 aliphatic rings. The summed E-state index contributed by atoms with van der Waals surface area (Å²) in [4.78, 5) is 53.2. The molecule has 4 aliphatic heterocycles. The van der Waals surface area contributed by atoms with E-state index >= 15 is 0 Å². The third-order valence-corrected chi connectivity index (χ3v) is 12.0. The monoisotopic (exact) mass is 725 g/mol. The molecule has 0 bridgehead atoms. The van der Waals surface area contributed by atoms with Gasteiger partial charge in [-0.3, -0.25) is 24.2 Å². The molecule has 10 rings (SSSR count). The van der Waals surface area contributed by atoms with Crippen molar-refractivity contribution in [1.29, 1.82) is 0 Å². The molecule has 5 aromatic rings. The number of amides is 3. The maximum Gasteiger partial charge on any atom is 0.262 e. The predicted molar refractivity (Wildman–Crippen MR) is 199 cm³/mol. The number of nitrogens with one attached hydrogen (secondary N) is 1. The minimum atomic E-state index is -1.27. The number of carbonyl (C=O) groups excluding carboxylic acids is 3. The van der Waals surface area contributed by atoms with Crippen molar-refractivity contribution in [3.05, 3.63) is 90.3 Å². The van der Waals surface area contributed by atoms with Gasteiger partial charge in [-0.15, -0.1) is 0 Å². The maximum absolute atomic E-state index is 13.4. The third kappa shape index (κ3) is 5.38. The zero-order valence-corrected chi connectivity index (χ0v) is 29.4. The van der Waals surface area contributed by atoms with Gasteiger partial charge < -0.3 is 25.8 Å². The molecule has 14 nitrogen and oxygen atoms in total. The van der Waals surface area contributed by atoms with Crippen LogP contribution in [0, 0.1) is 11.8 Å². The zero-order chi connectivity index (χ0) is 36.7. The number of benzene rings is 3. The van der Waals surface area contributed by atoms with Gasteiger partial charge in [0.2, 0.25) is 5.91 Å². The van der Waals surface area contributed by atoms with Gasteiger partial charge in [-0.2, -0.15) is 5.10 Å². The summed E-state index contributed by atoms with van der Waals surface area (Å²) in [5.41, 5.74) is 10.5. The Kier molecular flexibility index (Phi) is 7.66. The molecule has 3 saturated heterocycles. The molecule has 4 fully saturated rings. The van der Waals surface area contributed by atoms with Crippen LogP contribution in [-0.4, -0.2) is 96.9 Å². The standard InChI is InChI=1S/C40H39N9O5/c41-36-34-35(22-6-9-29(10-7-22)54-28-4-2-1-3-5-28)45-49(37(34)43-21-42-36)26-14-23-17-46(18-24(23)15-26)27-19-47(20-27)25-8-11-30-31(16-25)40(53)48(39(30)52)32-12-13-33(50)44-38(32)51/h1-11,16,21,23-24,26-27,32,38,51H,12-15,17-20H2,(H,44,50)(H2,41,42,43)/t23-,24+,26+,32?,38?. The Hall–Kier alpha value is -5.86. The number of fused-ring (bicyclic) bond motifs is 3. The van der Waals surface area contributed by atoms with Crippen LogP contribution >= 0.6 is 0 Å². The molecule has 3 amide bonds. The molecule has 1 aliphatic carbocycles. The summed E-state index contributed by atoms with van der Waals surface area (Å²) in [5.74, 6) is 1.89. The molecule has 2 unspecified atom stereocenters. The van der Waals surface area contributed by atoms with Crippen LogP contribution in [-0.2, 0) is 4.79 Å². The molecule has 6 heterocycles. The largest absolute Gasteiger partial charge is 0.457 e. The summed E-state index contributed by atoms with van der Waals surface area (Å²) >= 11 is 0. The number of aliphatic hydroxyl groups is 1. The summed E-state index contributed by atoms with van der Waals surface area (Å²) in [6, 6.07) is 22.8. The van der Waals surface area contributed by atoms with Crippen LogP contribution in [0.3, 0.4) is 0 Å². The van der Waals surface area contributed by atoms with Crippen LogP contribution < -0.4 is 20.7 Å². The van der Waals surface area contributed by atoms with Crippen LogP contribution in [0.15, 0.2) is 79.1 Å². The van der Waals surface area contributed by atoms with Crippen molar-refractivity contribution in [2.45, 2.75) is 50.0 Å². The number of piperidine rings is 1. The van der Waals surface area contributed by atoms with E-state index < -0.39 is 24.1 Å². The van der Waals surface area contributed by atoms with Crippen molar-refractivity contribution < 1.29 is 24.2 Å². The molecule has 274 valence electrons. The van der Waals surface area contributed by atoms with Crippen LogP contribution in [0.2, 0.25) is 0 Å². The van der Waals surface area contributed by atoms with Crippen molar-refractivity contribution in [3.8, 4) is 22.8 Å². The lowest BCUT2D eigenvalue weighted by atomic mass is 10.0. The molecule has 54 heavy (non-hydrogen) atoms. The summed E-state index contributed by atoms with van der Waals surface area (Å²) < 4.78 is 8.08. The number of ether oxygens (including phenoxy) is 1. The molecule has 2 aromatic heterocycles. The molecule has 14 heteroatoms. The molecule has 1 saturated carbocycles. The average molecular weight is 726 g/mol. The number of carbonyl (C=O) groups is 3. The second-order valence-corrected chi connectivity index (χ2v) is 15.2. The van der Waals surface area contributed by atoms with Crippen molar-refractivity contribution in [2.75, 3.05) is 36.8 Å². The second-order valence-electron chi connectivity index (χ2n) is 15.2. The Labute approximate surface area is 310 Å². The van der Waals surface area contributed by atoms with Crippen molar-refractivity contribution in [3.63, 3.8) is 0 Å². The maximum atomic E-state index is 13.4. The second kappa shape index (κ2) is 12.6. The van der Waals surface area contributed by atoms with Crippen molar-refractivity contribution in [2.24, 2.45) is 11.8 Å². The van der Waals surface area contributed by atoms with E-state index in [2.05, 4.69) is 29.8 Å². The van der Waals surface area contributed by atoms with Gasteiger partial charge in [0.05, 0.1) is 28.6 Å². The SMILES string of the molecule is Nc1ncnc2c1c(-c1ccc(Oc3ccccc3)cc1)nn2[C@H]1C[C@@H]2CN(C3CN(c4ccc5c(c4)C(=O)N(C4CCC(=O)NC4O)C5=O)C3)C[C@@H]2C1. The fourth-order valence-corrected chi connectivity index (χ4v) is 9.24. The summed E-state index contributed by atoms with van der Waals surface area (Å²) in [7, 11) is 0. The quantitative estimate of drug-likeness (QED) is 0.208. The first-order chi connectivity index (χ1) is 26.3. The molecule has 0 radical (unpaired) electrons. The van der Waals surface area contributed by atoms with Gasteiger partial charge in [-0.1, -0.05) is 18.2 Å².